The van der Waals surface area contributed by atoms with Crippen LogP contribution in [0.1, 0.15) is 33.1 Å². The van der Waals surface area contributed by atoms with Gasteiger partial charge in [-0.05, 0) is 25.0 Å². The van der Waals surface area contributed by atoms with Crippen LogP contribution < -0.4 is 5.69 Å². The zero-order chi connectivity index (χ0) is 18.4. The molecule has 0 aliphatic carbocycles. The first-order valence-electron chi connectivity index (χ1n) is 8.67. The van der Waals surface area contributed by atoms with E-state index >= 15 is 0 Å². The molecule has 1 N–H and O–H groups in total. The third kappa shape index (κ3) is 4.29. The van der Waals surface area contributed by atoms with Crippen LogP contribution in [0.4, 0.5) is 0 Å². The molecule has 25 heavy (non-hydrogen) atoms. The molecule has 0 spiro atoms. The molecular formula is C18H25N3O4. The Morgan fingerprint density at radius 2 is 1.64 bits per heavy atom. The molecule has 1 aromatic carbocycles. The highest BCUT2D eigenvalue weighted by Gasteiger charge is 2.18. The van der Waals surface area contributed by atoms with Crippen molar-refractivity contribution in [1.29, 1.82) is 0 Å². The van der Waals surface area contributed by atoms with Crippen LogP contribution in [-0.4, -0.2) is 44.1 Å². The molecule has 0 bridgehead atoms. The van der Waals surface area contributed by atoms with E-state index in [2.05, 4.69) is 0 Å². The lowest BCUT2D eigenvalue weighted by Crippen LogP contribution is -2.37. The van der Waals surface area contributed by atoms with E-state index in [-0.39, 0.29) is 31.1 Å². The summed E-state index contributed by atoms with van der Waals surface area (Å²) in [6, 6.07) is 7.52. The Morgan fingerprint density at radius 3 is 2.16 bits per heavy atom. The van der Waals surface area contributed by atoms with Gasteiger partial charge in [-0.25, -0.2) is 4.79 Å². The molecule has 0 saturated carbocycles. The fraction of sp³-hybridized carbons (Fsp3) is 0.500. The Kier molecular flexibility index (Phi) is 6.38. The Hall–Kier alpha value is -2.57. The highest BCUT2D eigenvalue weighted by molar-refractivity contribution is 5.81. The normalized spacial score (nSPS) is 11.0. The number of carboxylic acid groups (broad SMARTS) is 1. The Bertz CT molecular complexity index is 806. The lowest BCUT2D eigenvalue weighted by molar-refractivity contribution is -0.144. The maximum absolute atomic E-state index is 12.7. The predicted octanol–water partition coefficient (Wildman–Crippen LogP) is 1.93. The first-order valence-corrected chi connectivity index (χ1v) is 8.67. The van der Waals surface area contributed by atoms with E-state index in [1.165, 1.54) is 4.90 Å². The summed E-state index contributed by atoms with van der Waals surface area (Å²) >= 11 is 0. The van der Waals surface area contributed by atoms with Gasteiger partial charge >= 0.3 is 11.7 Å². The van der Waals surface area contributed by atoms with Crippen molar-refractivity contribution in [2.75, 3.05) is 13.1 Å². The number of aryl methyl sites for hydroxylation is 2. The molecule has 136 valence electrons. The topological polar surface area (TPSA) is 84.5 Å². The summed E-state index contributed by atoms with van der Waals surface area (Å²) in [6.07, 6.45) is 1.64. The van der Waals surface area contributed by atoms with Gasteiger partial charge in [-0.1, -0.05) is 26.0 Å². The second-order valence-electron chi connectivity index (χ2n) is 6.03. The van der Waals surface area contributed by atoms with Crippen molar-refractivity contribution in [3.63, 3.8) is 0 Å². The average molecular weight is 347 g/mol. The zero-order valence-electron chi connectivity index (χ0n) is 14.8. The number of carboxylic acids is 1. The standard InChI is InChI=1S/C18H25N3O4/c1-3-10-19(13-17(23)24)16(22)9-12-21-15-8-6-5-7-14(15)20(11-4-2)18(21)25/h5-8H,3-4,9-13H2,1-2H3,(H,23,24). The molecule has 0 aliphatic rings. The van der Waals surface area contributed by atoms with Crippen LogP contribution in [0.25, 0.3) is 11.0 Å². The summed E-state index contributed by atoms with van der Waals surface area (Å²) in [5, 5.41) is 8.94. The van der Waals surface area contributed by atoms with E-state index in [0.717, 1.165) is 17.5 Å². The number of para-hydroxylation sites is 2. The minimum Gasteiger partial charge on any atom is -0.480 e. The van der Waals surface area contributed by atoms with Gasteiger partial charge in [0.1, 0.15) is 6.54 Å². The van der Waals surface area contributed by atoms with Gasteiger partial charge < -0.3 is 10.0 Å². The monoisotopic (exact) mass is 347 g/mol. The van der Waals surface area contributed by atoms with Gasteiger partial charge in [0.2, 0.25) is 5.91 Å². The quantitative estimate of drug-likeness (QED) is 0.751. The van der Waals surface area contributed by atoms with Crippen molar-refractivity contribution in [3.8, 4) is 0 Å². The van der Waals surface area contributed by atoms with Crippen LogP contribution >= 0.6 is 0 Å². The number of nitrogens with zero attached hydrogens (tertiary/aromatic N) is 3. The fourth-order valence-corrected chi connectivity index (χ4v) is 3.02. The molecule has 0 fully saturated rings. The van der Waals surface area contributed by atoms with Crippen molar-refractivity contribution in [2.24, 2.45) is 0 Å². The van der Waals surface area contributed by atoms with Gasteiger partial charge in [0, 0.05) is 26.1 Å². The number of imidazole rings is 1. The maximum Gasteiger partial charge on any atom is 0.329 e. The average Bonchev–Trinajstić information content (AvgIpc) is 2.84. The van der Waals surface area contributed by atoms with Crippen LogP contribution in [0.15, 0.2) is 29.1 Å². The Balaban J connectivity index is 2.23. The summed E-state index contributed by atoms with van der Waals surface area (Å²) in [5.41, 5.74) is 1.53. The van der Waals surface area contributed by atoms with Gasteiger partial charge in [-0.2, -0.15) is 0 Å². The zero-order valence-corrected chi connectivity index (χ0v) is 14.8. The molecule has 7 heteroatoms. The second kappa shape index (κ2) is 8.50. The molecule has 1 amide bonds. The summed E-state index contributed by atoms with van der Waals surface area (Å²) in [7, 11) is 0. The molecule has 0 atom stereocenters. The summed E-state index contributed by atoms with van der Waals surface area (Å²) in [6.45, 7) is 4.87. The number of carbonyl (C=O) groups is 2. The minimum atomic E-state index is -1.03. The van der Waals surface area contributed by atoms with E-state index in [1.54, 1.807) is 9.13 Å². The lowest BCUT2D eigenvalue weighted by atomic mass is 10.3. The molecule has 1 heterocycles. The highest BCUT2D eigenvalue weighted by atomic mass is 16.4. The number of hydrogen-bond acceptors (Lipinski definition) is 3. The summed E-state index contributed by atoms with van der Waals surface area (Å²) < 4.78 is 3.33. The molecule has 1 aromatic heterocycles. The number of rotatable bonds is 9. The Labute approximate surface area is 146 Å². The molecule has 2 aromatic rings. The third-order valence-corrected chi connectivity index (χ3v) is 4.09. The summed E-state index contributed by atoms with van der Waals surface area (Å²) in [4.78, 5) is 37.3. The van der Waals surface area contributed by atoms with Gasteiger partial charge in [0.25, 0.3) is 0 Å². The van der Waals surface area contributed by atoms with Crippen LogP contribution in [0.2, 0.25) is 0 Å². The van der Waals surface area contributed by atoms with Crippen molar-refractivity contribution in [1.82, 2.24) is 14.0 Å². The third-order valence-electron chi connectivity index (χ3n) is 4.09. The number of benzene rings is 1. The van der Waals surface area contributed by atoms with E-state index in [1.807, 2.05) is 38.1 Å². The highest BCUT2D eigenvalue weighted by Crippen LogP contribution is 2.14. The molecule has 7 nitrogen and oxygen atoms in total. The van der Waals surface area contributed by atoms with E-state index in [0.29, 0.717) is 19.5 Å². The first kappa shape index (κ1) is 18.8. The molecule has 2 rings (SSSR count). The van der Waals surface area contributed by atoms with Gasteiger partial charge in [-0.15, -0.1) is 0 Å². The number of carbonyl (C=O) groups excluding carboxylic acids is 1. The van der Waals surface area contributed by atoms with Crippen LogP contribution in [-0.2, 0) is 22.7 Å². The second-order valence-corrected chi connectivity index (χ2v) is 6.03. The fourth-order valence-electron chi connectivity index (χ4n) is 3.02. The number of aliphatic carboxylic acids is 1. The number of amides is 1. The van der Waals surface area contributed by atoms with Gasteiger partial charge in [0.05, 0.1) is 11.0 Å². The molecule has 0 saturated heterocycles. The van der Waals surface area contributed by atoms with E-state index in [4.69, 9.17) is 5.11 Å². The maximum atomic E-state index is 12.7. The molecule has 0 unspecified atom stereocenters. The number of hydrogen-bond donors (Lipinski definition) is 1. The summed E-state index contributed by atoms with van der Waals surface area (Å²) in [5.74, 6) is -1.28. The predicted molar refractivity (Wildman–Crippen MR) is 95.6 cm³/mol. The SMILES string of the molecule is CCCN(CC(=O)O)C(=O)CCn1c(=O)n(CCC)c2ccccc21. The van der Waals surface area contributed by atoms with E-state index < -0.39 is 5.97 Å². The lowest BCUT2D eigenvalue weighted by Gasteiger charge is -2.20. The van der Waals surface area contributed by atoms with Gasteiger partial charge in [0.15, 0.2) is 0 Å². The van der Waals surface area contributed by atoms with Crippen molar-refractivity contribution < 1.29 is 14.7 Å². The smallest absolute Gasteiger partial charge is 0.329 e. The number of aromatic nitrogens is 2. The van der Waals surface area contributed by atoms with Crippen molar-refractivity contribution >= 4 is 22.9 Å². The largest absolute Gasteiger partial charge is 0.480 e. The van der Waals surface area contributed by atoms with Crippen LogP contribution in [0.5, 0.6) is 0 Å². The Morgan fingerprint density at radius 1 is 1.04 bits per heavy atom. The van der Waals surface area contributed by atoms with Crippen LogP contribution in [0, 0.1) is 0 Å². The first-order chi connectivity index (χ1) is 12.0. The van der Waals surface area contributed by atoms with E-state index in [9.17, 15) is 14.4 Å². The van der Waals surface area contributed by atoms with Crippen LogP contribution in [0.3, 0.4) is 0 Å². The van der Waals surface area contributed by atoms with Crippen molar-refractivity contribution in [3.05, 3.63) is 34.7 Å². The minimum absolute atomic E-state index is 0.104. The van der Waals surface area contributed by atoms with Gasteiger partial charge in [-0.3, -0.25) is 18.7 Å². The molecule has 0 radical (unpaired) electrons. The molecule has 0 aliphatic heterocycles. The van der Waals surface area contributed by atoms with Crippen molar-refractivity contribution in [2.45, 2.75) is 46.2 Å². The number of fused-ring (bicyclic) bond motifs is 1. The molecular weight excluding hydrogens is 322 g/mol.